The summed E-state index contributed by atoms with van der Waals surface area (Å²) < 4.78 is 17.9. The number of benzene rings is 1. The highest BCUT2D eigenvalue weighted by molar-refractivity contribution is 5.92. The molecule has 158 valence electrons. The lowest BCUT2D eigenvalue weighted by atomic mass is 10.1. The molecule has 4 rings (SSSR count). The molecule has 0 aliphatic carbocycles. The van der Waals surface area contributed by atoms with Gasteiger partial charge in [0.05, 0.1) is 12.6 Å². The van der Waals surface area contributed by atoms with Gasteiger partial charge in [0.2, 0.25) is 6.79 Å². The Morgan fingerprint density at radius 1 is 1.34 bits per heavy atom. The molecule has 1 atom stereocenters. The number of aromatic nitrogens is 2. The second-order valence-electron chi connectivity index (χ2n) is 7.09. The summed E-state index contributed by atoms with van der Waals surface area (Å²) in [5.41, 5.74) is 1.44. The molecular formula is C20H27ClN4O4. The number of methoxy groups -OCH3 is 1. The van der Waals surface area contributed by atoms with Crippen LogP contribution in [-0.4, -0.2) is 60.7 Å². The lowest BCUT2D eigenvalue weighted by Gasteiger charge is -2.23. The Bertz CT molecular complexity index is 823. The summed E-state index contributed by atoms with van der Waals surface area (Å²) in [6.07, 6.45) is 4.10. The molecule has 2 aliphatic heterocycles. The molecule has 1 aromatic heterocycles. The Morgan fingerprint density at radius 2 is 2.21 bits per heavy atom. The summed E-state index contributed by atoms with van der Waals surface area (Å²) in [6, 6.07) is 7.85. The second kappa shape index (κ2) is 9.96. The number of nitrogens with zero attached hydrogens (tertiary/aromatic N) is 3. The van der Waals surface area contributed by atoms with Gasteiger partial charge >= 0.3 is 0 Å². The van der Waals surface area contributed by atoms with E-state index in [9.17, 15) is 4.79 Å². The highest BCUT2D eigenvalue weighted by atomic mass is 35.5. The van der Waals surface area contributed by atoms with Crippen molar-refractivity contribution in [2.24, 2.45) is 0 Å². The van der Waals surface area contributed by atoms with Crippen molar-refractivity contribution >= 4 is 18.3 Å². The molecule has 1 amide bonds. The molecule has 1 N–H and O–H groups in total. The van der Waals surface area contributed by atoms with Gasteiger partial charge < -0.3 is 24.4 Å². The van der Waals surface area contributed by atoms with Crippen LogP contribution in [0, 0.1) is 0 Å². The maximum atomic E-state index is 13.1. The Hall–Kier alpha value is -2.29. The highest BCUT2D eigenvalue weighted by Gasteiger charge is 2.22. The third-order valence-electron chi connectivity index (χ3n) is 5.14. The SMILES string of the molecule is COCCN(Cc1ccc2c(c1)OCO2)C(=O)c1ccn(C2CCCNC2)n1.Cl. The van der Waals surface area contributed by atoms with Crippen LogP contribution >= 0.6 is 12.4 Å². The summed E-state index contributed by atoms with van der Waals surface area (Å²) in [5.74, 6) is 1.35. The monoisotopic (exact) mass is 422 g/mol. The Labute approximate surface area is 176 Å². The molecule has 0 saturated carbocycles. The fourth-order valence-electron chi connectivity index (χ4n) is 3.59. The summed E-state index contributed by atoms with van der Waals surface area (Å²) in [6.45, 7) is 3.57. The van der Waals surface area contributed by atoms with Gasteiger partial charge in [-0.05, 0) is 43.1 Å². The summed E-state index contributed by atoms with van der Waals surface area (Å²) in [5, 5.41) is 7.94. The Kier molecular flexibility index (Phi) is 7.35. The van der Waals surface area contributed by atoms with Crippen LogP contribution in [0.5, 0.6) is 11.5 Å². The van der Waals surface area contributed by atoms with Gasteiger partial charge in [0.1, 0.15) is 5.69 Å². The molecule has 1 fully saturated rings. The average molecular weight is 423 g/mol. The van der Waals surface area contributed by atoms with Gasteiger partial charge in [-0.2, -0.15) is 5.10 Å². The molecule has 9 heteroatoms. The highest BCUT2D eigenvalue weighted by Crippen LogP contribution is 2.32. The standard InChI is InChI=1S/C20H26N4O4.ClH/c1-26-10-9-23(13-15-4-5-18-19(11-15)28-14-27-18)20(25)17-6-8-24(22-17)16-3-2-7-21-12-16;/h4-6,8,11,16,21H,2-3,7,9-10,12-14H2,1H3;1H. The van der Waals surface area contributed by atoms with Crippen LogP contribution in [0.15, 0.2) is 30.5 Å². The van der Waals surface area contributed by atoms with Crippen LogP contribution in [0.4, 0.5) is 0 Å². The smallest absolute Gasteiger partial charge is 0.274 e. The third kappa shape index (κ3) is 5.01. The van der Waals surface area contributed by atoms with Gasteiger partial charge in [-0.25, -0.2) is 0 Å². The van der Waals surface area contributed by atoms with E-state index < -0.39 is 0 Å². The minimum atomic E-state index is -0.0998. The van der Waals surface area contributed by atoms with E-state index in [1.165, 1.54) is 0 Å². The lowest BCUT2D eigenvalue weighted by molar-refractivity contribution is 0.0673. The number of fused-ring (bicyclic) bond motifs is 1. The van der Waals surface area contributed by atoms with Crippen LogP contribution < -0.4 is 14.8 Å². The maximum Gasteiger partial charge on any atom is 0.274 e. The average Bonchev–Trinajstić information content (AvgIpc) is 3.40. The predicted molar refractivity (Wildman–Crippen MR) is 110 cm³/mol. The van der Waals surface area contributed by atoms with E-state index in [1.54, 1.807) is 18.1 Å². The topological polar surface area (TPSA) is 77.8 Å². The minimum absolute atomic E-state index is 0. The molecule has 0 radical (unpaired) electrons. The quantitative estimate of drug-likeness (QED) is 0.737. The minimum Gasteiger partial charge on any atom is -0.454 e. The summed E-state index contributed by atoms with van der Waals surface area (Å²) in [4.78, 5) is 14.9. The van der Waals surface area contributed by atoms with Crippen LogP contribution in [0.25, 0.3) is 0 Å². The van der Waals surface area contributed by atoms with Crippen LogP contribution in [-0.2, 0) is 11.3 Å². The zero-order valence-electron chi connectivity index (χ0n) is 16.5. The number of hydrogen-bond donors (Lipinski definition) is 1. The van der Waals surface area contributed by atoms with Gasteiger partial charge in [-0.1, -0.05) is 6.07 Å². The fraction of sp³-hybridized carbons (Fsp3) is 0.500. The molecular weight excluding hydrogens is 396 g/mol. The van der Waals surface area contributed by atoms with Crippen molar-refractivity contribution < 1.29 is 19.0 Å². The number of carbonyl (C=O) groups is 1. The van der Waals surface area contributed by atoms with Crippen molar-refractivity contribution in [3.05, 3.63) is 41.7 Å². The first-order chi connectivity index (χ1) is 13.7. The largest absolute Gasteiger partial charge is 0.454 e. The van der Waals surface area contributed by atoms with Crippen LogP contribution in [0.3, 0.4) is 0 Å². The number of halogens is 1. The number of hydrogen-bond acceptors (Lipinski definition) is 6. The molecule has 2 aliphatic rings. The first kappa shape index (κ1) is 21.4. The normalized spacial score (nSPS) is 17.6. The van der Waals surface area contributed by atoms with E-state index >= 15 is 0 Å². The zero-order chi connectivity index (χ0) is 19.3. The number of amides is 1. The van der Waals surface area contributed by atoms with E-state index in [2.05, 4.69) is 10.4 Å². The van der Waals surface area contributed by atoms with Crippen LogP contribution in [0.1, 0.15) is 34.9 Å². The van der Waals surface area contributed by atoms with Crippen molar-refractivity contribution in [3.63, 3.8) is 0 Å². The Morgan fingerprint density at radius 3 is 3.00 bits per heavy atom. The summed E-state index contributed by atoms with van der Waals surface area (Å²) >= 11 is 0. The van der Waals surface area contributed by atoms with Gasteiger partial charge in [-0.3, -0.25) is 9.48 Å². The predicted octanol–water partition coefficient (Wildman–Crippen LogP) is 2.25. The number of nitrogens with one attached hydrogen (secondary N) is 1. The van der Waals surface area contributed by atoms with E-state index in [0.29, 0.717) is 37.2 Å². The van der Waals surface area contributed by atoms with Gasteiger partial charge in [-0.15, -0.1) is 12.4 Å². The molecule has 29 heavy (non-hydrogen) atoms. The van der Waals surface area contributed by atoms with E-state index in [-0.39, 0.29) is 25.1 Å². The first-order valence-electron chi connectivity index (χ1n) is 9.67. The molecule has 1 unspecified atom stereocenters. The number of carbonyl (C=O) groups excluding carboxylic acids is 1. The van der Waals surface area contributed by atoms with Crippen molar-refractivity contribution in [1.29, 1.82) is 0 Å². The number of ether oxygens (including phenoxy) is 3. The molecule has 8 nitrogen and oxygen atoms in total. The zero-order valence-corrected chi connectivity index (χ0v) is 17.3. The molecule has 3 heterocycles. The molecule has 1 saturated heterocycles. The second-order valence-corrected chi connectivity index (χ2v) is 7.09. The first-order valence-corrected chi connectivity index (χ1v) is 9.67. The lowest BCUT2D eigenvalue weighted by Crippen LogP contribution is -2.34. The Balaban J connectivity index is 0.00000240. The van der Waals surface area contributed by atoms with Crippen molar-refractivity contribution in [3.8, 4) is 11.5 Å². The van der Waals surface area contributed by atoms with Crippen molar-refractivity contribution in [1.82, 2.24) is 20.0 Å². The summed E-state index contributed by atoms with van der Waals surface area (Å²) in [7, 11) is 1.63. The van der Waals surface area contributed by atoms with E-state index in [1.807, 2.05) is 29.1 Å². The molecule has 1 aromatic carbocycles. The van der Waals surface area contributed by atoms with Crippen LogP contribution in [0.2, 0.25) is 0 Å². The number of piperidine rings is 1. The van der Waals surface area contributed by atoms with Gasteiger partial charge in [0.15, 0.2) is 11.5 Å². The molecule has 0 bridgehead atoms. The van der Waals surface area contributed by atoms with E-state index in [4.69, 9.17) is 14.2 Å². The molecule has 0 spiro atoms. The maximum absolute atomic E-state index is 13.1. The fourth-order valence-corrected chi connectivity index (χ4v) is 3.59. The third-order valence-corrected chi connectivity index (χ3v) is 5.14. The van der Waals surface area contributed by atoms with E-state index in [0.717, 1.165) is 37.2 Å². The molecule has 2 aromatic rings. The number of rotatable bonds is 7. The van der Waals surface area contributed by atoms with Crippen molar-refractivity contribution in [2.75, 3.05) is 40.1 Å². The van der Waals surface area contributed by atoms with Gasteiger partial charge in [0, 0.05) is 32.9 Å². The van der Waals surface area contributed by atoms with Gasteiger partial charge in [0.25, 0.3) is 5.91 Å². The van der Waals surface area contributed by atoms with Crippen molar-refractivity contribution in [2.45, 2.75) is 25.4 Å².